The topological polar surface area (TPSA) is 44.5 Å². The lowest BCUT2D eigenvalue weighted by molar-refractivity contribution is 0.275. The number of ether oxygens (including phenoxy) is 2. The van der Waals surface area contributed by atoms with Gasteiger partial charge in [0.2, 0.25) is 0 Å². The molecule has 0 saturated heterocycles. The molecule has 0 bridgehead atoms. The van der Waals surface area contributed by atoms with Crippen LogP contribution in [0.5, 0.6) is 11.5 Å². The molecular weight excluding hydrogens is 214 g/mol. The van der Waals surface area contributed by atoms with Crippen molar-refractivity contribution in [3.8, 4) is 11.5 Å². The van der Waals surface area contributed by atoms with E-state index in [9.17, 15) is 0 Å². The molecule has 0 spiro atoms. The van der Waals surface area contributed by atoms with Gasteiger partial charge < -0.3 is 15.2 Å². The Labute approximate surface area is 103 Å². The van der Waals surface area contributed by atoms with Crippen LogP contribution in [0.15, 0.2) is 24.3 Å². The van der Waals surface area contributed by atoms with Gasteiger partial charge in [-0.3, -0.25) is 0 Å². The lowest BCUT2D eigenvalue weighted by Crippen LogP contribution is -2.29. The van der Waals surface area contributed by atoms with Gasteiger partial charge in [-0.15, -0.1) is 0 Å². The Morgan fingerprint density at radius 2 is 1.76 bits per heavy atom. The molecule has 1 saturated carbocycles. The zero-order valence-electron chi connectivity index (χ0n) is 10.4. The van der Waals surface area contributed by atoms with Crippen molar-refractivity contribution in [2.45, 2.75) is 32.2 Å². The summed E-state index contributed by atoms with van der Waals surface area (Å²) >= 11 is 0. The number of nitrogens with two attached hydrogens (primary N) is 1. The van der Waals surface area contributed by atoms with Gasteiger partial charge in [0.15, 0.2) is 0 Å². The summed E-state index contributed by atoms with van der Waals surface area (Å²) in [4.78, 5) is 0. The maximum absolute atomic E-state index is 5.97. The molecule has 2 N–H and O–H groups in total. The summed E-state index contributed by atoms with van der Waals surface area (Å²) in [6, 6.07) is 7.93. The normalized spacial score (nSPS) is 16.6. The summed E-state index contributed by atoms with van der Waals surface area (Å²) < 4.78 is 11.2. The molecule has 3 nitrogen and oxygen atoms in total. The van der Waals surface area contributed by atoms with E-state index in [4.69, 9.17) is 15.2 Å². The summed E-state index contributed by atoms with van der Waals surface area (Å²) in [5.41, 5.74) is 5.97. The van der Waals surface area contributed by atoms with E-state index in [0.29, 0.717) is 12.5 Å². The molecule has 1 aromatic carbocycles. The van der Waals surface area contributed by atoms with Crippen LogP contribution in [-0.2, 0) is 0 Å². The van der Waals surface area contributed by atoms with Crippen molar-refractivity contribution < 1.29 is 9.47 Å². The summed E-state index contributed by atoms with van der Waals surface area (Å²) in [5.74, 6) is 2.44. The molecular formula is C14H21NO2. The predicted molar refractivity (Wildman–Crippen MR) is 68.4 cm³/mol. The fourth-order valence-electron chi connectivity index (χ4n) is 1.70. The van der Waals surface area contributed by atoms with Crippen molar-refractivity contribution in [1.82, 2.24) is 0 Å². The average molecular weight is 235 g/mol. The Hall–Kier alpha value is -1.22. The molecule has 94 valence electrons. The van der Waals surface area contributed by atoms with Gasteiger partial charge in [0, 0.05) is 6.04 Å². The van der Waals surface area contributed by atoms with Crippen LogP contribution in [0.25, 0.3) is 0 Å². The molecule has 0 aromatic heterocycles. The lowest BCUT2D eigenvalue weighted by Gasteiger charge is -2.12. The number of hydrogen-bond acceptors (Lipinski definition) is 3. The number of hydrogen-bond donors (Lipinski definition) is 1. The highest BCUT2D eigenvalue weighted by atomic mass is 16.5. The Morgan fingerprint density at radius 1 is 1.18 bits per heavy atom. The third-order valence-corrected chi connectivity index (χ3v) is 2.97. The second-order valence-corrected chi connectivity index (χ2v) is 4.63. The van der Waals surface area contributed by atoms with E-state index in [2.05, 4.69) is 6.92 Å². The number of rotatable bonds is 7. The van der Waals surface area contributed by atoms with Crippen LogP contribution in [0, 0.1) is 5.92 Å². The SMILES string of the molecule is CCCOc1ccc(OCC(N)C2CC2)cc1. The molecule has 1 aromatic rings. The minimum Gasteiger partial charge on any atom is -0.494 e. The summed E-state index contributed by atoms with van der Waals surface area (Å²) in [6.07, 6.45) is 3.54. The molecule has 1 aliphatic rings. The Kier molecular flexibility index (Phi) is 4.26. The quantitative estimate of drug-likeness (QED) is 0.790. The lowest BCUT2D eigenvalue weighted by atomic mass is 10.2. The highest BCUT2D eigenvalue weighted by molar-refractivity contribution is 5.31. The maximum Gasteiger partial charge on any atom is 0.119 e. The van der Waals surface area contributed by atoms with Crippen LogP contribution in [-0.4, -0.2) is 19.3 Å². The molecule has 0 aliphatic heterocycles. The number of benzene rings is 1. The van der Waals surface area contributed by atoms with Crippen molar-refractivity contribution in [1.29, 1.82) is 0 Å². The Bertz CT molecular complexity index is 333. The smallest absolute Gasteiger partial charge is 0.119 e. The highest BCUT2D eigenvalue weighted by Crippen LogP contribution is 2.31. The highest BCUT2D eigenvalue weighted by Gasteiger charge is 2.28. The van der Waals surface area contributed by atoms with Crippen molar-refractivity contribution in [3.63, 3.8) is 0 Å². The van der Waals surface area contributed by atoms with E-state index in [1.165, 1.54) is 12.8 Å². The van der Waals surface area contributed by atoms with Crippen molar-refractivity contribution in [2.75, 3.05) is 13.2 Å². The van der Waals surface area contributed by atoms with Crippen molar-refractivity contribution >= 4 is 0 Å². The van der Waals surface area contributed by atoms with Crippen LogP contribution in [0.4, 0.5) is 0 Å². The van der Waals surface area contributed by atoms with Crippen LogP contribution in [0.3, 0.4) is 0 Å². The fraction of sp³-hybridized carbons (Fsp3) is 0.571. The summed E-state index contributed by atoms with van der Waals surface area (Å²) in [6.45, 7) is 3.46. The van der Waals surface area contributed by atoms with Gasteiger partial charge in [-0.2, -0.15) is 0 Å². The van der Waals surface area contributed by atoms with E-state index >= 15 is 0 Å². The van der Waals surface area contributed by atoms with Gasteiger partial charge in [0.1, 0.15) is 18.1 Å². The van der Waals surface area contributed by atoms with E-state index < -0.39 is 0 Å². The second-order valence-electron chi connectivity index (χ2n) is 4.63. The van der Waals surface area contributed by atoms with Gasteiger partial charge in [-0.25, -0.2) is 0 Å². The molecule has 1 atom stereocenters. The summed E-state index contributed by atoms with van der Waals surface area (Å²) in [5, 5.41) is 0. The van der Waals surface area contributed by atoms with Crippen LogP contribution >= 0.6 is 0 Å². The Morgan fingerprint density at radius 3 is 2.29 bits per heavy atom. The zero-order chi connectivity index (χ0) is 12.1. The average Bonchev–Trinajstić information content (AvgIpc) is 3.19. The monoisotopic (exact) mass is 235 g/mol. The molecule has 1 fully saturated rings. The first kappa shape index (κ1) is 12.2. The largest absolute Gasteiger partial charge is 0.494 e. The molecule has 1 unspecified atom stereocenters. The van der Waals surface area contributed by atoms with E-state index in [1.807, 2.05) is 24.3 Å². The fourth-order valence-corrected chi connectivity index (χ4v) is 1.70. The van der Waals surface area contributed by atoms with Gasteiger partial charge in [0.25, 0.3) is 0 Å². The first-order valence-corrected chi connectivity index (χ1v) is 6.41. The second kappa shape index (κ2) is 5.92. The standard InChI is InChI=1S/C14H21NO2/c1-2-9-16-12-5-7-13(8-6-12)17-10-14(15)11-3-4-11/h5-8,11,14H,2-4,9-10,15H2,1H3. The van der Waals surface area contributed by atoms with Crippen LogP contribution < -0.4 is 15.2 Å². The first-order chi connectivity index (χ1) is 8.29. The molecule has 0 amide bonds. The van der Waals surface area contributed by atoms with Gasteiger partial charge in [0.05, 0.1) is 6.61 Å². The van der Waals surface area contributed by atoms with Gasteiger partial charge >= 0.3 is 0 Å². The minimum atomic E-state index is 0.186. The van der Waals surface area contributed by atoms with Crippen LogP contribution in [0.2, 0.25) is 0 Å². The van der Waals surface area contributed by atoms with E-state index in [1.54, 1.807) is 0 Å². The van der Waals surface area contributed by atoms with E-state index in [0.717, 1.165) is 24.5 Å². The molecule has 0 radical (unpaired) electrons. The summed E-state index contributed by atoms with van der Waals surface area (Å²) in [7, 11) is 0. The zero-order valence-corrected chi connectivity index (χ0v) is 10.4. The van der Waals surface area contributed by atoms with E-state index in [-0.39, 0.29) is 6.04 Å². The third kappa shape index (κ3) is 3.93. The van der Waals surface area contributed by atoms with Crippen molar-refractivity contribution in [2.24, 2.45) is 11.7 Å². The molecule has 1 aliphatic carbocycles. The maximum atomic E-state index is 5.97. The predicted octanol–water partition coefficient (Wildman–Crippen LogP) is 2.59. The van der Waals surface area contributed by atoms with Gasteiger partial charge in [-0.1, -0.05) is 6.92 Å². The minimum absolute atomic E-state index is 0.186. The molecule has 17 heavy (non-hydrogen) atoms. The Balaban J connectivity index is 1.76. The molecule has 2 rings (SSSR count). The first-order valence-electron chi connectivity index (χ1n) is 6.41. The third-order valence-electron chi connectivity index (χ3n) is 2.97. The van der Waals surface area contributed by atoms with Crippen LogP contribution in [0.1, 0.15) is 26.2 Å². The van der Waals surface area contributed by atoms with Crippen molar-refractivity contribution in [3.05, 3.63) is 24.3 Å². The van der Waals surface area contributed by atoms with Gasteiger partial charge in [-0.05, 0) is 49.4 Å². The molecule has 3 heteroatoms. The molecule has 0 heterocycles.